The van der Waals surface area contributed by atoms with Crippen LogP contribution in [0.1, 0.15) is 21.5 Å². The van der Waals surface area contributed by atoms with Crippen molar-refractivity contribution in [2.24, 2.45) is 0 Å². The van der Waals surface area contributed by atoms with Crippen molar-refractivity contribution in [2.75, 3.05) is 0 Å². The molecule has 2 nitrogen and oxygen atoms in total. The lowest BCUT2D eigenvalue weighted by Crippen LogP contribution is -2.04. The number of carbonyl (C=O) groups excluding carboxylic acids is 1. The summed E-state index contributed by atoms with van der Waals surface area (Å²) in [5.74, 6) is -0.191. The molecular formula is C21H16Cl2O2. The highest BCUT2D eigenvalue weighted by Gasteiger charge is 2.16. The van der Waals surface area contributed by atoms with Gasteiger partial charge in [-0.05, 0) is 29.7 Å². The second-order valence-corrected chi connectivity index (χ2v) is 6.63. The third-order valence-electron chi connectivity index (χ3n) is 4.17. The second kappa shape index (κ2) is 7.30. The molecule has 0 atom stereocenters. The zero-order valence-corrected chi connectivity index (χ0v) is 15.1. The molecule has 0 aliphatic heterocycles. The Hall–Kier alpha value is -2.29. The third kappa shape index (κ3) is 3.71. The maximum Gasteiger partial charge on any atom is 0.167 e. The van der Waals surface area contributed by atoms with Crippen molar-refractivity contribution < 1.29 is 9.90 Å². The lowest BCUT2D eigenvalue weighted by Gasteiger charge is -2.10. The van der Waals surface area contributed by atoms with Crippen LogP contribution >= 0.6 is 23.2 Å². The fourth-order valence-electron chi connectivity index (χ4n) is 2.64. The van der Waals surface area contributed by atoms with Gasteiger partial charge in [0.25, 0.3) is 0 Å². The lowest BCUT2D eigenvalue weighted by molar-refractivity contribution is 0.0992. The molecule has 0 saturated carbocycles. The van der Waals surface area contributed by atoms with Crippen LogP contribution < -0.4 is 0 Å². The molecule has 0 spiro atoms. The monoisotopic (exact) mass is 370 g/mol. The molecule has 3 aromatic carbocycles. The lowest BCUT2D eigenvalue weighted by atomic mass is 9.98. The van der Waals surface area contributed by atoms with Gasteiger partial charge in [0, 0.05) is 22.6 Å². The molecular weight excluding hydrogens is 355 g/mol. The van der Waals surface area contributed by atoms with Gasteiger partial charge in [0.2, 0.25) is 0 Å². The van der Waals surface area contributed by atoms with Crippen molar-refractivity contribution in [2.45, 2.75) is 13.3 Å². The van der Waals surface area contributed by atoms with E-state index in [-0.39, 0.29) is 23.0 Å². The van der Waals surface area contributed by atoms with Crippen molar-refractivity contribution in [3.8, 4) is 16.9 Å². The van der Waals surface area contributed by atoms with Crippen LogP contribution in [0.25, 0.3) is 11.1 Å². The number of phenolic OH excluding ortho intramolecular Hbond substituents is 1. The average Bonchev–Trinajstić information content (AvgIpc) is 2.65. The van der Waals surface area contributed by atoms with Crippen molar-refractivity contribution in [1.29, 1.82) is 0 Å². The number of hydrogen-bond acceptors (Lipinski definition) is 2. The quantitative estimate of drug-likeness (QED) is 0.563. The molecule has 0 aliphatic carbocycles. The smallest absolute Gasteiger partial charge is 0.167 e. The number of rotatable bonds is 4. The van der Waals surface area contributed by atoms with Crippen LogP contribution in [0.15, 0.2) is 60.7 Å². The van der Waals surface area contributed by atoms with Gasteiger partial charge >= 0.3 is 0 Å². The first kappa shape index (κ1) is 17.5. The van der Waals surface area contributed by atoms with Crippen LogP contribution in [0.4, 0.5) is 0 Å². The minimum Gasteiger partial charge on any atom is -0.506 e. The predicted molar refractivity (Wildman–Crippen MR) is 103 cm³/mol. The highest BCUT2D eigenvalue weighted by atomic mass is 35.5. The molecule has 0 amide bonds. The molecule has 0 saturated heterocycles. The highest BCUT2D eigenvalue weighted by Crippen LogP contribution is 2.36. The fourth-order valence-corrected chi connectivity index (χ4v) is 3.14. The van der Waals surface area contributed by atoms with Crippen molar-refractivity contribution in [1.82, 2.24) is 0 Å². The Morgan fingerprint density at radius 1 is 0.960 bits per heavy atom. The van der Waals surface area contributed by atoms with E-state index in [2.05, 4.69) is 0 Å². The maximum absolute atomic E-state index is 12.5. The number of phenols is 1. The Labute approximate surface area is 156 Å². The predicted octanol–water partition coefficient (Wildman–Crippen LogP) is 6.10. The summed E-state index contributed by atoms with van der Waals surface area (Å²) in [6, 6.07) is 19.0. The Morgan fingerprint density at radius 3 is 2.20 bits per heavy atom. The Bertz CT molecular complexity index is 917. The van der Waals surface area contributed by atoms with Crippen molar-refractivity contribution in [3.63, 3.8) is 0 Å². The Kier molecular flexibility index (Phi) is 5.12. The van der Waals surface area contributed by atoms with Crippen LogP contribution in [-0.4, -0.2) is 10.9 Å². The molecule has 3 aromatic rings. The summed E-state index contributed by atoms with van der Waals surface area (Å²) in [5, 5.41) is 10.8. The highest BCUT2D eigenvalue weighted by molar-refractivity contribution is 6.37. The van der Waals surface area contributed by atoms with E-state index in [0.29, 0.717) is 21.7 Å². The van der Waals surface area contributed by atoms with E-state index in [0.717, 1.165) is 11.1 Å². The first-order valence-electron chi connectivity index (χ1n) is 7.82. The minimum atomic E-state index is -0.106. The number of hydrogen-bond donors (Lipinski definition) is 1. The second-order valence-electron chi connectivity index (χ2n) is 5.85. The zero-order chi connectivity index (χ0) is 18.0. The van der Waals surface area contributed by atoms with Crippen molar-refractivity contribution >= 4 is 29.0 Å². The van der Waals surface area contributed by atoms with E-state index in [9.17, 15) is 9.90 Å². The number of carbonyl (C=O) groups is 1. The van der Waals surface area contributed by atoms with Crippen LogP contribution in [0.3, 0.4) is 0 Å². The molecule has 0 aliphatic rings. The molecule has 0 bridgehead atoms. The summed E-state index contributed by atoms with van der Waals surface area (Å²) >= 11 is 12.2. The van der Waals surface area contributed by atoms with Gasteiger partial charge in [0.15, 0.2) is 5.78 Å². The zero-order valence-electron chi connectivity index (χ0n) is 13.6. The number of ketones is 1. The van der Waals surface area contributed by atoms with Crippen LogP contribution in [0.5, 0.6) is 5.75 Å². The number of benzene rings is 3. The largest absolute Gasteiger partial charge is 0.506 e. The van der Waals surface area contributed by atoms with Gasteiger partial charge in [0.1, 0.15) is 5.75 Å². The van der Waals surface area contributed by atoms with Crippen molar-refractivity contribution in [3.05, 3.63) is 87.4 Å². The molecule has 0 fully saturated rings. The van der Waals surface area contributed by atoms with E-state index in [1.165, 1.54) is 0 Å². The van der Waals surface area contributed by atoms with Gasteiger partial charge in [-0.2, -0.15) is 0 Å². The van der Waals surface area contributed by atoms with Gasteiger partial charge in [-0.15, -0.1) is 0 Å². The fraction of sp³-hybridized carbons (Fsp3) is 0.0952. The SMILES string of the molecule is Cc1c(Cl)cc(CC(=O)c2ccc(-c3ccccc3)cc2)c(O)c1Cl. The van der Waals surface area contributed by atoms with Gasteiger partial charge in [-0.1, -0.05) is 77.8 Å². The number of aromatic hydroxyl groups is 1. The van der Waals surface area contributed by atoms with Gasteiger partial charge < -0.3 is 5.11 Å². The first-order chi connectivity index (χ1) is 12.0. The Balaban J connectivity index is 1.83. The first-order valence-corrected chi connectivity index (χ1v) is 8.58. The summed E-state index contributed by atoms with van der Waals surface area (Å²) in [4.78, 5) is 12.5. The minimum absolute atomic E-state index is 0.0379. The van der Waals surface area contributed by atoms with E-state index < -0.39 is 0 Å². The third-order valence-corrected chi connectivity index (χ3v) is 5.02. The Morgan fingerprint density at radius 2 is 1.56 bits per heavy atom. The number of Topliss-reactive ketones (excluding diaryl/α,β-unsaturated/α-hetero) is 1. The summed E-state index contributed by atoms with van der Waals surface area (Å²) in [7, 11) is 0. The van der Waals surface area contributed by atoms with Gasteiger partial charge in [-0.25, -0.2) is 0 Å². The summed E-state index contributed by atoms with van der Waals surface area (Å²) in [5.41, 5.74) is 3.74. The van der Waals surface area contributed by atoms with E-state index in [4.69, 9.17) is 23.2 Å². The molecule has 126 valence electrons. The van der Waals surface area contributed by atoms with E-state index >= 15 is 0 Å². The normalized spacial score (nSPS) is 10.7. The molecule has 1 N–H and O–H groups in total. The van der Waals surface area contributed by atoms with Crippen LogP contribution in [0, 0.1) is 6.92 Å². The maximum atomic E-state index is 12.5. The van der Waals surface area contributed by atoms with Crippen LogP contribution in [-0.2, 0) is 6.42 Å². The standard InChI is InChI=1S/C21H16Cl2O2/c1-13-18(22)11-17(21(25)20(13)23)12-19(24)16-9-7-15(8-10-16)14-5-3-2-4-6-14/h2-11,25H,12H2,1H3. The molecule has 0 radical (unpaired) electrons. The topological polar surface area (TPSA) is 37.3 Å². The summed E-state index contributed by atoms with van der Waals surface area (Å²) < 4.78 is 0. The van der Waals surface area contributed by atoms with Crippen LogP contribution in [0.2, 0.25) is 10.0 Å². The molecule has 0 heterocycles. The molecule has 3 rings (SSSR count). The average molecular weight is 371 g/mol. The van der Waals surface area contributed by atoms with E-state index in [1.807, 2.05) is 42.5 Å². The van der Waals surface area contributed by atoms with Gasteiger partial charge in [0.05, 0.1) is 5.02 Å². The van der Waals surface area contributed by atoms with E-state index in [1.54, 1.807) is 25.1 Å². The van der Waals surface area contributed by atoms with Gasteiger partial charge in [-0.3, -0.25) is 4.79 Å². The number of halogens is 2. The molecule has 0 unspecified atom stereocenters. The molecule has 0 aromatic heterocycles. The summed E-state index contributed by atoms with van der Waals surface area (Å²) in [6.45, 7) is 1.72. The molecule has 4 heteroatoms. The molecule has 25 heavy (non-hydrogen) atoms. The summed E-state index contributed by atoms with van der Waals surface area (Å²) in [6.07, 6.45) is 0.0379.